The number of nitrogens with zero attached hydrogens (tertiary/aromatic N) is 2. The Morgan fingerprint density at radius 1 is 0.833 bits per heavy atom. The van der Waals surface area contributed by atoms with E-state index in [1.807, 2.05) is 25.1 Å². The van der Waals surface area contributed by atoms with Crippen LogP contribution in [0.3, 0.4) is 0 Å². The number of Topliss-reactive ketones (excluding diaryl/α,β-unsaturated/α-hetero) is 1. The fourth-order valence-corrected chi connectivity index (χ4v) is 3.87. The van der Waals surface area contributed by atoms with E-state index in [1.54, 1.807) is 40.6 Å². The summed E-state index contributed by atoms with van der Waals surface area (Å²) in [5, 5.41) is 0. The van der Waals surface area contributed by atoms with Crippen LogP contribution in [0.1, 0.15) is 17.3 Å². The average Bonchev–Trinajstić information content (AvgIpc) is 2.82. The third-order valence-corrected chi connectivity index (χ3v) is 5.62. The summed E-state index contributed by atoms with van der Waals surface area (Å²) in [6.45, 7) is 5.18. The van der Waals surface area contributed by atoms with E-state index >= 15 is 0 Å². The van der Waals surface area contributed by atoms with E-state index in [1.165, 1.54) is 0 Å². The molecule has 0 saturated carbocycles. The number of carbonyl (C=O) groups is 1. The monoisotopic (exact) mass is 414 g/mol. The van der Waals surface area contributed by atoms with Crippen molar-refractivity contribution in [3.8, 4) is 23.0 Å². The van der Waals surface area contributed by atoms with Crippen molar-refractivity contribution in [2.75, 3.05) is 59.5 Å². The van der Waals surface area contributed by atoms with Crippen molar-refractivity contribution in [1.82, 2.24) is 4.90 Å². The van der Waals surface area contributed by atoms with Crippen LogP contribution in [0.5, 0.6) is 23.0 Å². The topological polar surface area (TPSA) is 60.5 Å². The molecule has 30 heavy (non-hydrogen) atoms. The van der Waals surface area contributed by atoms with Crippen molar-refractivity contribution in [2.24, 2.45) is 0 Å². The second-order valence-electron chi connectivity index (χ2n) is 7.15. The van der Waals surface area contributed by atoms with Gasteiger partial charge in [-0.2, -0.15) is 0 Å². The zero-order chi connectivity index (χ0) is 21.7. The van der Waals surface area contributed by atoms with Gasteiger partial charge in [0.2, 0.25) is 5.75 Å². The summed E-state index contributed by atoms with van der Waals surface area (Å²) >= 11 is 0. The van der Waals surface area contributed by atoms with Gasteiger partial charge in [-0.1, -0.05) is 12.1 Å². The summed E-state index contributed by atoms with van der Waals surface area (Å²) in [4.78, 5) is 17.7. The number of hydrogen-bond donors (Lipinski definition) is 0. The summed E-state index contributed by atoms with van der Waals surface area (Å²) in [7, 11) is 6.33. The molecule has 0 aromatic heterocycles. The first-order valence-electron chi connectivity index (χ1n) is 10.00. The van der Waals surface area contributed by atoms with Crippen molar-refractivity contribution in [2.45, 2.75) is 13.0 Å². The Bertz CT molecular complexity index is 853. The smallest absolute Gasteiger partial charge is 0.203 e. The number of benzene rings is 2. The molecule has 1 aliphatic heterocycles. The molecule has 1 saturated heterocycles. The van der Waals surface area contributed by atoms with Gasteiger partial charge in [0, 0.05) is 31.7 Å². The molecule has 1 aliphatic rings. The SMILES string of the molecule is COc1ccccc1N1CCN(C(C)C(=O)c2cc(OC)c(OC)c(OC)c2)CC1. The Hall–Kier alpha value is -2.93. The maximum absolute atomic E-state index is 13.2. The Kier molecular flexibility index (Phi) is 7.05. The maximum atomic E-state index is 13.2. The predicted molar refractivity (Wildman–Crippen MR) is 117 cm³/mol. The first-order chi connectivity index (χ1) is 14.5. The summed E-state index contributed by atoms with van der Waals surface area (Å²) in [5.41, 5.74) is 1.63. The number of piperazine rings is 1. The highest BCUT2D eigenvalue weighted by molar-refractivity contribution is 6.01. The van der Waals surface area contributed by atoms with Gasteiger partial charge in [-0.05, 0) is 31.2 Å². The second kappa shape index (κ2) is 9.71. The first kappa shape index (κ1) is 21.8. The van der Waals surface area contributed by atoms with Crippen LogP contribution in [-0.2, 0) is 0 Å². The average molecular weight is 415 g/mol. The summed E-state index contributed by atoms with van der Waals surface area (Å²) in [5.74, 6) is 2.34. The van der Waals surface area contributed by atoms with Crippen molar-refractivity contribution in [3.05, 3.63) is 42.0 Å². The van der Waals surface area contributed by atoms with Crippen LogP contribution in [0.2, 0.25) is 0 Å². The standard InChI is InChI=1S/C23H30N2O5/c1-16(22(26)17-14-20(28-3)23(30-5)21(15-17)29-4)24-10-12-25(13-11-24)18-8-6-7-9-19(18)27-2/h6-9,14-16H,10-13H2,1-5H3. The first-order valence-corrected chi connectivity index (χ1v) is 10.00. The van der Waals surface area contributed by atoms with Crippen molar-refractivity contribution in [3.63, 3.8) is 0 Å². The van der Waals surface area contributed by atoms with Crippen LogP contribution in [0.4, 0.5) is 5.69 Å². The maximum Gasteiger partial charge on any atom is 0.203 e. The van der Waals surface area contributed by atoms with Gasteiger partial charge in [-0.15, -0.1) is 0 Å². The summed E-state index contributed by atoms with van der Waals surface area (Å²) < 4.78 is 21.6. The molecule has 1 fully saturated rings. The zero-order valence-corrected chi connectivity index (χ0v) is 18.3. The van der Waals surface area contributed by atoms with Gasteiger partial charge in [0.25, 0.3) is 0 Å². The molecular weight excluding hydrogens is 384 g/mol. The highest BCUT2D eigenvalue weighted by atomic mass is 16.5. The molecule has 0 amide bonds. The van der Waals surface area contributed by atoms with Gasteiger partial charge in [-0.25, -0.2) is 0 Å². The van der Waals surface area contributed by atoms with Gasteiger partial charge in [-0.3, -0.25) is 9.69 Å². The van der Waals surface area contributed by atoms with Crippen LogP contribution < -0.4 is 23.8 Å². The van der Waals surface area contributed by atoms with Crippen LogP contribution in [0.15, 0.2) is 36.4 Å². The molecule has 0 N–H and O–H groups in total. The fraction of sp³-hybridized carbons (Fsp3) is 0.435. The second-order valence-corrected chi connectivity index (χ2v) is 7.15. The van der Waals surface area contributed by atoms with Gasteiger partial charge < -0.3 is 23.8 Å². The van der Waals surface area contributed by atoms with Gasteiger partial charge in [0.05, 0.1) is 40.2 Å². The van der Waals surface area contributed by atoms with Crippen LogP contribution in [0.25, 0.3) is 0 Å². The molecule has 162 valence electrons. The Morgan fingerprint density at radius 2 is 1.40 bits per heavy atom. The molecule has 1 heterocycles. The number of methoxy groups -OCH3 is 4. The van der Waals surface area contributed by atoms with Gasteiger partial charge in [0.1, 0.15) is 5.75 Å². The summed E-state index contributed by atoms with van der Waals surface area (Å²) in [6, 6.07) is 11.2. The van der Waals surface area contributed by atoms with E-state index in [0.717, 1.165) is 37.6 Å². The lowest BCUT2D eigenvalue weighted by atomic mass is 10.0. The van der Waals surface area contributed by atoms with E-state index in [0.29, 0.717) is 22.8 Å². The molecule has 7 heteroatoms. The lowest BCUT2D eigenvalue weighted by molar-refractivity contribution is 0.0829. The molecule has 1 unspecified atom stereocenters. The van der Waals surface area contributed by atoms with Crippen LogP contribution in [0, 0.1) is 0 Å². The lowest BCUT2D eigenvalue weighted by Crippen LogP contribution is -2.51. The third-order valence-electron chi connectivity index (χ3n) is 5.62. The molecule has 3 rings (SSSR count). The third kappa shape index (κ3) is 4.31. The number of rotatable bonds is 8. The zero-order valence-electron chi connectivity index (χ0n) is 18.3. The molecule has 2 aromatic carbocycles. The molecule has 0 radical (unpaired) electrons. The predicted octanol–water partition coefficient (Wildman–Crippen LogP) is 3.11. The number of carbonyl (C=O) groups excluding carboxylic acids is 1. The Balaban J connectivity index is 1.72. The molecule has 7 nitrogen and oxygen atoms in total. The van der Waals surface area contributed by atoms with Crippen LogP contribution >= 0.6 is 0 Å². The molecule has 0 bridgehead atoms. The van der Waals surface area contributed by atoms with E-state index in [4.69, 9.17) is 18.9 Å². The highest BCUT2D eigenvalue weighted by Gasteiger charge is 2.28. The Morgan fingerprint density at radius 3 is 1.93 bits per heavy atom. The number of hydrogen-bond acceptors (Lipinski definition) is 7. The molecule has 0 spiro atoms. The molecule has 0 aliphatic carbocycles. The Labute approximate surface area is 178 Å². The molecule has 1 atom stereocenters. The lowest BCUT2D eigenvalue weighted by Gasteiger charge is -2.39. The van der Waals surface area contributed by atoms with Crippen molar-refractivity contribution in [1.29, 1.82) is 0 Å². The summed E-state index contributed by atoms with van der Waals surface area (Å²) in [6.07, 6.45) is 0. The van der Waals surface area contributed by atoms with Gasteiger partial charge in [0.15, 0.2) is 17.3 Å². The van der Waals surface area contributed by atoms with Crippen molar-refractivity contribution < 1.29 is 23.7 Å². The molecular formula is C23H30N2O5. The minimum atomic E-state index is -0.257. The fourth-order valence-electron chi connectivity index (χ4n) is 3.87. The molecule has 2 aromatic rings. The van der Waals surface area contributed by atoms with E-state index in [9.17, 15) is 4.79 Å². The normalized spacial score (nSPS) is 15.4. The number of para-hydroxylation sites is 2. The van der Waals surface area contributed by atoms with E-state index < -0.39 is 0 Å². The highest BCUT2D eigenvalue weighted by Crippen LogP contribution is 2.38. The number of ether oxygens (including phenoxy) is 4. The van der Waals surface area contributed by atoms with Gasteiger partial charge >= 0.3 is 0 Å². The van der Waals surface area contributed by atoms with Crippen LogP contribution in [-0.4, -0.2) is 71.3 Å². The number of ketones is 1. The minimum Gasteiger partial charge on any atom is -0.495 e. The minimum absolute atomic E-state index is 0.0278. The largest absolute Gasteiger partial charge is 0.495 e. The quantitative estimate of drug-likeness (QED) is 0.615. The van der Waals surface area contributed by atoms with E-state index in [-0.39, 0.29) is 11.8 Å². The van der Waals surface area contributed by atoms with E-state index in [2.05, 4.69) is 15.9 Å². The van der Waals surface area contributed by atoms with Crippen molar-refractivity contribution >= 4 is 11.5 Å². The number of anilines is 1.